The van der Waals surface area contributed by atoms with Crippen molar-refractivity contribution in [3.05, 3.63) is 35.4 Å². The molecule has 2 nitrogen and oxygen atoms in total. The third kappa shape index (κ3) is 3.36. The highest BCUT2D eigenvalue weighted by Crippen LogP contribution is 2.28. The molecule has 2 unspecified atom stereocenters. The minimum atomic E-state index is -0.790. The van der Waals surface area contributed by atoms with Crippen LogP contribution in [-0.4, -0.2) is 24.5 Å². The molecule has 0 bridgehead atoms. The quantitative estimate of drug-likeness (QED) is 0.916. The summed E-state index contributed by atoms with van der Waals surface area (Å²) in [6, 6.07) is 4.14. The Labute approximate surface area is 120 Å². The molecular formula is C16H24F2N2. The van der Waals surface area contributed by atoms with Gasteiger partial charge in [0.05, 0.1) is 6.04 Å². The van der Waals surface area contributed by atoms with Crippen molar-refractivity contribution in [2.75, 3.05) is 19.6 Å². The number of rotatable bonds is 4. The molecule has 1 aliphatic heterocycles. The number of benzene rings is 1. The number of likely N-dealkylation sites (tertiary alicyclic amines) is 1. The van der Waals surface area contributed by atoms with Gasteiger partial charge in [0.25, 0.3) is 0 Å². The summed E-state index contributed by atoms with van der Waals surface area (Å²) in [4.78, 5) is 2.22. The van der Waals surface area contributed by atoms with Gasteiger partial charge in [-0.05, 0) is 44.3 Å². The third-order valence-electron chi connectivity index (χ3n) is 4.46. The van der Waals surface area contributed by atoms with Crippen molar-refractivity contribution >= 4 is 0 Å². The van der Waals surface area contributed by atoms with Gasteiger partial charge in [-0.2, -0.15) is 0 Å². The third-order valence-corrected chi connectivity index (χ3v) is 4.46. The highest BCUT2D eigenvalue weighted by Gasteiger charge is 2.25. The van der Waals surface area contributed by atoms with E-state index in [1.165, 1.54) is 12.8 Å². The summed E-state index contributed by atoms with van der Waals surface area (Å²) in [6.45, 7) is 4.36. The van der Waals surface area contributed by atoms with Crippen molar-refractivity contribution in [3.8, 4) is 0 Å². The van der Waals surface area contributed by atoms with Crippen LogP contribution in [0.15, 0.2) is 18.2 Å². The van der Waals surface area contributed by atoms with E-state index >= 15 is 0 Å². The Balaban J connectivity index is 2.17. The molecule has 1 aromatic carbocycles. The lowest BCUT2D eigenvalue weighted by molar-refractivity contribution is 0.201. The van der Waals surface area contributed by atoms with Crippen LogP contribution in [0.4, 0.5) is 8.78 Å². The molecular weight excluding hydrogens is 258 g/mol. The first-order valence-corrected chi connectivity index (χ1v) is 7.55. The first kappa shape index (κ1) is 15.4. The maximum Gasteiger partial charge on any atom is 0.163 e. The molecule has 112 valence electrons. The van der Waals surface area contributed by atoms with Gasteiger partial charge in [0.15, 0.2) is 11.6 Å². The van der Waals surface area contributed by atoms with Crippen LogP contribution >= 0.6 is 0 Å². The van der Waals surface area contributed by atoms with Crippen molar-refractivity contribution in [2.45, 2.75) is 38.6 Å². The Hall–Kier alpha value is -1.00. The fraction of sp³-hybridized carbons (Fsp3) is 0.625. The van der Waals surface area contributed by atoms with Crippen molar-refractivity contribution in [1.82, 2.24) is 4.90 Å². The molecule has 0 aliphatic carbocycles. The number of hydrogen-bond donors (Lipinski definition) is 1. The second-order valence-corrected chi connectivity index (χ2v) is 5.64. The molecule has 2 atom stereocenters. The summed E-state index contributed by atoms with van der Waals surface area (Å²) in [5.41, 5.74) is 6.23. The fourth-order valence-electron chi connectivity index (χ4n) is 3.16. The Kier molecular flexibility index (Phi) is 5.49. The van der Waals surface area contributed by atoms with Gasteiger partial charge in [0.1, 0.15) is 0 Å². The summed E-state index contributed by atoms with van der Waals surface area (Å²) in [6.07, 6.45) is 4.63. The van der Waals surface area contributed by atoms with E-state index in [2.05, 4.69) is 11.8 Å². The Bertz CT molecular complexity index is 436. The van der Waals surface area contributed by atoms with Crippen LogP contribution in [0.25, 0.3) is 0 Å². The molecule has 4 heteroatoms. The minimum Gasteiger partial charge on any atom is -0.329 e. The average molecular weight is 282 g/mol. The maximum atomic E-state index is 14.0. The van der Waals surface area contributed by atoms with E-state index in [-0.39, 0.29) is 6.04 Å². The van der Waals surface area contributed by atoms with Gasteiger partial charge in [-0.1, -0.05) is 25.5 Å². The van der Waals surface area contributed by atoms with E-state index in [1.807, 2.05) is 0 Å². The number of hydrogen-bond acceptors (Lipinski definition) is 2. The lowest BCUT2D eigenvalue weighted by Gasteiger charge is -2.30. The van der Waals surface area contributed by atoms with Crippen molar-refractivity contribution < 1.29 is 8.78 Å². The summed E-state index contributed by atoms with van der Waals surface area (Å²) >= 11 is 0. The van der Waals surface area contributed by atoms with Crippen molar-refractivity contribution in [3.63, 3.8) is 0 Å². The molecule has 2 rings (SSSR count). The Morgan fingerprint density at radius 2 is 2.10 bits per heavy atom. The number of nitrogens with two attached hydrogens (primary N) is 1. The molecule has 0 radical (unpaired) electrons. The molecule has 1 heterocycles. The second kappa shape index (κ2) is 7.14. The fourth-order valence-corrected chi connectivity index (χ4v) is 3.16. The average Bonchev–Trinajstić information content (AvgIpc) is 2.70. The van der Waals surface area contributed by atoms with Gasteiger partial charge >= 0.3 is 0 Å². The zero-order valence-electron chi connectivity index (χ0n) is 12.1. The molecule has 1 fully saturated rings. The van der Waals surface area contributed by atoms with Crippen molar-refractivity contribution in [1.29, 1.82) is 0 Å². The summed E-state index contributed by atoms with van der Waals surface area (Å²) in [7, 11) is 0. The van der Waals surface area contributed by atoms with Crippen molar-refractivity contribution in [2.24, 2.45) is 11.7 Å². The number of nitrogens with zero attached hydrogens (tertiary/aromatic N) is 1. The largest absolute Gasteiger partial charge is 0.329 e. The van der Waals surface area contributed by atoms with E-state index in [0.29, 0.717) is 12.1 Å². The molecule has 1 aliphatic rings. The standard InChI is InChI=1S/C16H24F2N2/c1-2-12-5-4-9-20(10-8-12)15(11-19)13-6-3-7-14(17)16(13)18/h3,6-7,12,15H,2,4-5,8-11,19H2,1H3. The predicted molar refractivity (Wildman–Crippen MR) is 77.4 cm³/mol. The van der Waals surface area contributed by atoms with Crippen LogP contribution in [0.2, 0.25) is 0 Å². The molecule has 2 N–H and O–H groups in total. The molecule has 1 saturated heterocycles. The Morgan fingerprint density at radius 1 is 1.30 bits per heavy atom. The highest BCUT2D eigenvalue weighted by atomic mass is 19.2. The zero-order chi connectivity index (χ0) is 14.5. The van der Waals surface area contributed by atoms with E-state index < -0.39 is 11.6 Å². The lowest BCUT2D eigenvalue weighted by atomic mass is 9.98. The molecule has 0 saturated carbocycles. The first-order chi connectivity index (χ1) is 9.67. The van der Waals surface area contributed by atoms with Gasteiger partial charge in [0.2, 0.25) is 0 Å². The molecule has 20 heavy (non-hydrogen) atoms. The smallest absolute Gasteiger partial charge is 0.163 e. The van der Waals surface area contributed by atoms with Crippen LogP contribution in [-0.2, 0) is 0 Å². The topological polar surface area (TPSA) is 29.3 Å². The Morgan fingerprint density at radius 3 is 2.80 bits per heavy atom. The van der Waals surface area contributed by atoms with Gasteiger partial charge < -0.3 is 5.73 Å². The number of halogens is 2. The molecule has 0 aromatic heterocycles. The first-order valence-electron chi connectivity index (χ1n) is 7.55. The van der Waals surface area contributed by atoms with E-state index in [1.54, 1.807) is 12.1 Å². The normalized spacial score (nSPS) is 22.5. The van der Waals surface area contributed by atoms with Gasteiger partial charge in [-0.15, -0.1) is 0 Å². The van der Waals surface area contributed by atoms with E-state index in [0.717, 1.165) is 37.9 Å². The SMILES string of the molecule is CCC1CCCN(C(CN)c2cccc(F)c2F)CC1. The predicted octanol–water partition coefficient (Wildman–Crippen LogP) is 3.48. The maximum absolute atomic E-state index is 14.0. The monoisotopic (exact) mass is 282 g/mol. The lowest BCUT2D eigenvalue weighted by Crippen LogP contribution is -2.35. The van der Waals surface area contributed by atoms with Gasteiger partial charge in [-0.3, -0.25) is 4.90 Å². The highest BCUT2D eigenvalue weighted by molar-refractivity contribution is 5.23. The van der Waals surface area contributed by atoms with Crippen LogP contribution in [0.3, 0.4) is 0 Å². The summed E-state index contributed by atoms with van der Waals surface area (Å²) < 4.78 is 27.4. The van der Waals surface area contributed by atoms with Gasteiger partial charge in [0, 0.05) is 12.1 Å². The summed E-state index contributed by atoms with van der Waals surface area (Å²) in [5, 5.41) is 0. The minimum absolute atomic E-state index is 0.221. The van der Waals surface area contributed by atoms with Crippen LogP contribution < -0.4 is 5.73 Å². The summed E-state index contributed by atoms with van der Waals surface area (Å²) in [5.74, 6) is -0.794. The van der Waals surface area contributed by atoms with E-state index in [9.17, 15) is 8.78 Å². The molecule has 0 amide bonds. The van der Waals surface area contributed by atoms with Crippen LogP contribution in [0, 0.1) is 17.6 Å². The molecule has 0 spiro atoms. The second-order valence-electron chi connectivity index (χ2n) is 5.64. The van der Waals surface area contributed by atoms with Crippen LogP contribution in [0.5, 0.6) is 0 Å². The molecule has 1 aromatic rings. The van der Waals surface area contributed by atoms with Gasteiger partial charge in [-0.25, -0.2) is 8.78 Å². The zero-order valence-corrected chi connectivity index (χ0v) is 12.1. The van der Waals surface area contributed by atoms with Crippen LogP contribution in [0.1, 0.15) is 44.2 Å². The van der Waals surface area contributed by atoms with E-state index in [4.69, 9.17) is 5.73 Å².